The van der Waals surface area contributed by atoms with Crippen LogP contribution in [0.2, 0.25) is 0 Å². The van der Waals surface area contributed by atoms with Gasteiger partial charge in [-0.3, -0.25) is 0 Å². The molecule has 2 rings (SSSR count). The molecule has 15 heavy (non-hydrogen) atoms. The minimum absolute atomic E-state index is 0.505. The molecule has 0 fully saturated rings. The first-order chi connectivity index (χ1) is 7.35. The van der Waals surface area contributed by atoms with Crippen molar-refractivity contribution in [1.29, 1.82) is 0 Å². The molecule has 0 N–H and O–H groups in total. The van der Waals surface area contributed by atoms with E-state index in [0.29, 0.717) is 5.82 Å². The molecule has 4 heteroatoms. The molecule has 0 bridgehead atoms. The fourth-order valence-corrected chi connectivity index (χ4v) is 1.41. The van der Waals surface area contributed by atoms with Gasteiger partial charge in [-0.25, -0.2) is 9.97 Å². The number of fused-ring (bicyclic) bond motifs is 1. The second-order valence-electron chi connectivity index (χ2n) is 3.09. The maximum absolute atomic E-state index is 5.09. The van der Waals surface area contributed by atoms with Crippen molar-refractivity contribution in [3.63, 3.8) is 0 Å². The summed E-state index contributed by atoms with van der Waals surface area (Å²) in [4.78, 5) is 8.54. The Morgan fingerprint density at radius 1 is 1.13 bits per heavy atom. The number of methoxy groups -OCH3 is 2. The SMILES string of the molecule is COC(OC)c1ncc2ccccc2n1. The minimum Gasteiger partial charge on any atom is -0.349 e. The smallest absolute Gasteiger partial charge is 0.218 e. The summed E-state index contributed by atoms with van der Waals surface area (Å²) in [5.74, 6) is 0.540. The topological polar surface area (TPSA) is 44.2 Å². The van der Waals surface area contributed by atoms with E-state index in [4.69, 9.17) is 9.47 Å². The van der Waals surface area contributed by atoms with Crippen molar-refractivity contribution in [2.24, 2.45) is 0 Å². The molecule has 0 unspecified atom stereocenters. The number of rotatable bonds is 3. The molecule has 0 saturated carbocycles. The molecule has 0 spiro atoms. The van der Waals surface area contributed by atoms with Crippen LogP contribution in [0.4, 0.5) is 0 Å². The highest BCUT2D eigenvalue weighted by molar-refractivity contribution is 5.77. The highest BCUT2D eigenvalue weighted by Crippen LogP contribution is 2.16. The van der Waals surface area contributed by atoms with E-state index < -0.39 is 6.29 Å². The number of hydrogen-bond donors (Lipinski definition) is 0. The second kappa shape index (κ2) is 4.33. The van der Waals surface area contributed by atoms with Crippen LogP contribution in [-0.4, -0.2) is 24.2 Å². The Bertz CT molecular complexity index is 455. The van der Waals surface area contributed by atoms with Crippen LogP contribution in [0.5, 0.6) is 0 Å². The summed E-state index contributed by atoms with van der Waals surface area (Å²) in [5, 5.41) is 1.01. The van der Waals surface area contributed by atoms with Crippen LogP contribution in [0.25, 0.3) is 10.9 Å². The Balaban J connectivity index is 2.46. The van der Waals surface area contributed by atoms with Gasteiger partial charge in [0.05, 0.1) is 5.52 Å². The van der Waals surface area contributed by atoms with Crippen LogP contribution in [0.15, 0.2) is 30.5 Å². The Morgan fingerprint density at radius 2 is 1.87 bits per heavy atom. The van der Waals surface area contributed by atoms with Gasteiger partial charge < -0.3 is 9.47 Å². The van der Waals surface area contributed by atoms with Gasteiger partial charge in [-0.05, 0) is 6.07 Å². The van der Waals surface area contributed by atoms with Gasteiger partial charge >= 0.3 is 0 Å². The van der Waals surface area contributed by atoms with Gasteiger partial charge in [0, 0.05) is 25.8 Å². The van der Waals surface area contributed by atoms with Gasteiger partial charge in [-0.15, -0.1) is 0 Å². The summed E-state index contributed by atoms with van der Waals surface area (Å²) in [5.41, 5.74) is 0.890. The van der Waals surface area contributed by atoms with Gasteiger partial charge in [0.25, 0.3) is 0 Å². The van der Waals surface area contributed by atoms with Crippen molar-refractivity contribution < 1.29 is 9.47 Å². The lowest BCUT2D eigenvalue weighted by molar-refractivity contribution is -0.111. The Labute approximate surface area is 87.9 Å². The predicted molar refractivity (Wildman–Crippen MR) is 56.3 cm³/mol. The standard InChI is InChI=1S/C11H12N2O2/c1-14-11(15-2)10-12-7-8-5-3-4-6-9(8)13-10/h3-7,11H,1-2H3. The maximum atomic E-state index is 5.09. The molecule has 78 valence electrons. The van der Waals surface area contributed by atoms with Crippen molar-refractivity contribution in [2.75, 3.05) is 14.2 Å². The number of aromatic nitrogens is 2. The first kappa shape index (κ1) is 10.0. The minimum atomic E-state index is -0.505. The molecule has 0 aliphatic carbocycles. The molecule has 0 aliphatic rings. The highest BCUT2D eigenvalue weighted by atomic mass is 16.7. The first-order valence-electron chi connectivity index (χ1n) is 4.62. The quantitative estimate of drug-likeness (QED) is 0.716. The Hall–Kier alpha value is -1.52. The van der Waals surface area contributed by atoms with E-state index in [1.807, 2.05) is 24.3 Å². The van der Waals surface area contributed by atoms with Crippen LogP contribution < -0.4 is 0 Å². The average Bonchev–Trinajstić information content (AvgIpc) is 2.30. The Morgan fingerprint density at radius 3 is 2.60 bits per heavy atom. The van der Waals surface area contributed by atoms with E-state index in [9.17, 15) is 0 Å². The number of para-hydroxylation sites is 1. The Kier molecular flexibility index (Phi) is 2.89. The molecule has 0 radical (unpaired) electrons. The molecular weight excluding hydrogens is 192 g/mol. The van der Waals surface area contributed by atoms with E-state index in [-0.39, 0.29) is 0 Å². The lowest BCUT2D eigenvalue weighted by Crippen LogP contribution is -2.08. The molecule has 4 nitrogen and oxygen atoms in total. The summed E-state index contributed by atoms with van der Waals surface area (Å²) in [6.07, 6.45) is 1.26. The third kappa shape index (κ3) is 1.95. The van der Waals surface area contributed by atoms with Crippen molar-refractivity contribution >= 4 is 10.9 Å². The van der Waals surface area contributed by atoms with E-state index in [0.717, 1.165) is 10.9 Å². The number of ether oxygens (including phenoxy) is 2. The fraction of sp³-hybridized carbons (Fsp3) is 0.273. The fourth-order valence-electron chi connectivity index (χ4n) is 1.41. The van der Waals surface area contributed by atoms with E-state index in [1.54, 1.807) is 20.4 Å². The zero-order valence-electron chi connectivity index (χ0n) is 8.68. The molecule has 0 amide bonds. The molecule has 1 aromatic carbocycles. The largest absolute Gasteiger partial charge is 0.349 e. The monoisotopic (exact) mass is 204 g/mol. The summed E-state index contributed by atoms with van der Waals surface area (Å²) >= 11 is 0. The summed E-state index contributed by atoms with van der Waals surface area (Å²) < 4.78 is 10.2. The van der Waals surface area contributed by atoms with Crippen molar-refractivity contribution in [2.45, 2.75) is 6.29 Å². The molecule has 0 saturated heterocycles. The zero-order valence-corrected chi connectivity index (χ0v) is 8.68. The van der Waals surface area contributed by atoms with Gasteiger partial charge in [-0.1, -0.05) is 18.2 Å². The summed E-state index contributed by atoms with van der Waals surface area (Å²) in [7, 11) is 3.12. The highest BCUT2D eigenvalue weighted by Gasteiger charge is 2.12. The third-order valence-corrected chi connectivity index (χ3v) is 2.15. The predicted octanol–water partition coefficient (Wildman–Crippen LogP) is 1.92. The molecule has 1 heterocycles. The van der Waals surface area contributed by atoms with E-state index in [1.165, 1.54) is 0 Å². The average molecular weight is 204 g/mol. The van der Waals surface area contributed by atoms with Crippen LogP contribution >= 0.6 is 0 Å². The molecule has 2 aromatic rings. The molecule has 0 atom stereocenters. The van der Waals surface area contributed by atoms with E-state index in [2.05, 4.69) is 9.97 Å². The summed E-state index contributed by atoms with van der Waals surface area (Å²) in [6.45, 7) is 0. The van der Waals surface area contributed by atoms with Gasteiger partial charge in [0.2, 0.25) is 6.29 Å². The van der Waals surface area contributed by atoms with Crippen molar-refractivity contribution in [1.82, 2.24) is 9.97 Å². The third-order valence-electron chi connectivity index (χ3n) is 2.15. The normalized spacial score (nSPS) is 11.1. The summed E-state index contributed by atoms with van der Waals surface area (Å²) in [6, 6.07) is 7.79. The first-order valence-corrected chi connectivity index (χ1v) is 4.62. The molecular formula is C11H12N2O2. The van der Waals surface area contributed by atoms with Crippen LogP contribution in [0.1, 0.15) is 12.1 Å². The molecule has 0 aliphatic heterocycles. The van der Waals surface area contributed by atoms with Crippen molar-refractivity contribution in [3.05, 3.63) is 36.3 Å². The lowest BCUT2D eigenvalue weighted by atomic mass is 10.2. The van der Waals surface area contributed by atoms with Crippen LogP contribution in [0, 0.1) is 0 Å². The van der Waals surface area contributed by atoms with Crippen LogP contribution in [-0.2, 0) is 9.47 Å². The second-order valence-corrected chi connectivity index (χ2v) is 3.09. The number of benzene rings is 1. The van der Waals surface area contributed by atoms with Crippen LogP contribution in [0.3, 0.4) is 0 Å². The maximum Gasteiger partial charge on any atom is 0.218 e. The lowest BCUT2D eigenvalue weighted by Gasteiger charge is -2.11. The van der Waals surface area contributed by atoms with Gasteiger partial charge in [-0.2, -0.15) is 0 Å². The van der Waals surface area contributed by atoms with Crippen molar-refractivity contribution in [3.8, 4) is 0 Å². The van der Waals surface area contributed by atoms with E-state index >= 15 is 0 Å². The molecule has 1 aromatic heterocycles. The number of nitrogens with zero attached hydrogens (tertiary/aromatic N) is 2. The zero-order chi connectivity index (χ0) is 10.7. The van der Waals surface area contributed by atoms with Gasteiger partial charge in [0.15, 0.2) is 5.82 Å². The van der Waals surface area contributed by atoms with Gasteiger partial charge in [0.1, 0.15) is 0 Å². The number of hydrogen-bond acceptors (Lipinski definition) is 4.